The predicted octanol–water partition coefficient (Wildman–Crippen LogP) is 3.68. The number of carbonyl (C=O) groups excluding carboxylic acids is 3. The molecule has 3 aromatic rings. The van der Waals surface area contributed by atoms with Crippen LogP contribution in [0.5, 0.6) is 0 Å². The standard InChI is InChI=1S/C20H16ClN3O5/c1-12-6-7-13(10-15(12)24-19(26)16-5-3-9-28-16)20(27)29-11-17(25)23-14-4-2-8-22-18(14)21/h2-10H,11H2,1H3,(H,23,25)(H,24,26). The van der Waals surface area contributed by atoms with Crippen molar-refractivity contribution in [1.82, 2.24) is 4.98 Å². The molecule has 0 radical (unpaired) electrons. The van der Waals surface area contributed by atoms with E-state index in [-0.39, 0.29) is 16.5 Å². The van der Waals surface area contributed by atoms with Crippen molar-refractivity contribution in [3.8, 4) is 0 Å². The second kappa shape index (κ2) is 9.03. The van der Waals surface area contributed by atoms with Gasteiger partial charge in [0.25, 0.3) is 11.8 Å². The summed E-state index contributed by atoms with van der Waals surface area (Å²) in [4.78, 5) is 40.2. The number of halogens is 1. The lowest BCUT2D eigenvalue weighted by atomic mass is 10.1. The zero-order valence-electron chi connectivity index (χ0n) is 15.3. The molecule has 3 rings (SSSR count). The van der Waals surface area contributed by atoms with E-state index in [4.69, 9.17) is 20.8 Å². The maximum absolute atomic E-state index is 12.3. The molecule has 0 unspecified atom stereocenters. The van der Waals surface area contributed by atoms with Gasteiger partial charge in [-0.1, -0.05) is 17.7 Å². The van der Waals surface area contributed by atoms with Crippen LogP contribution in [-0.2, 0) is 9.53 Å². The summed E-state index contributed by atoms with van der Waals surface area (Å²) in [5.74, 6) is -1.59. The van der Waals surface area contributed by atoms with Gasteiger partial charge in [0.15, 0.2) is 17.5 Å². The number of amides is 2. The highest BCUT2D eigenvalue weighted by molar-refractivity contribution is 6.32. The van der Waals surface area contributed by atoms with Crippen LogP contribution in [0.4, 0.5) is 11.4 Å². The van der Waals surface area contributed by atoms with Crippen molar-refractivity contribution in [1.29, 1.82) is 0 Å². The molecule has 8 nitrogen and oxygen atoms in total. The molecule has 0 fully saturated rings. The molecular weight excluding hydrogens is 398 g/mol. The lowest BCUT2D eigenvalue weighted by Gasteiger charge is -2.10. The fourth-order valence-corrected chi connectivity index (χ4v) is 2.52. The molecular formula is C20H16ClN3O5. The zero-order valence-corrected chi connectivity index (χ0v) is 16.0. The van der Waals surface area contributed by atoms with Crippen LogP contribution >= 0.6 is 11.6 Å². The van der Waals surface area contributed by atoms with Crippen LogP contribution in [-0.4, -0.2) is 29.4 Å². The highest BCUT2D eigenvalue weighted by atomic mass is 35.5. The molecule has 9 heteroatoms. The molecule has 29 heavy (non-hydrogen) atoms. The molecule has 148 valence electrons. The van der Waals surface area contributed by atoms with E-state index in [0.717, 1.165) is 5.56 Å². The van der Waals surface area contributed by atoms with Gasteiger partial charge in [0.1, 0.15) is 0 Å². The van der Waals surface area contributed by atoms with E-state index in [1.54, 1.807) is 31.2 Å². The molecule has 0 atom stereocenters. The minimum Gasteiger partial charge on any atom is -0.459 e. The van der Waals surface area contributed by atoms with Crippen molar-refractivity contribution in [3.05, 3.63) is 77.0 Å². The first-order valence-electron chi connectivity index (χ1n) is 8.47. The third-order valence-corrected chi connectivity index (χ3v) is 4.14. The van der Waals surface area contributed by atoms with Crippen LogP contribution in [0, 0.1) is 6.92 Å². The number of nitrogens with zero attached hydrogens (tertiary/aromatic N) is 1. The Morgan fingerprint density at radius 1 is 1.10 bits per heavy atom. The first-order chi connectivity index (χ1) is 13.9. The normalized spacial score (nSPS) is 10.3. The molecule has 2 amide bonds. The first-order valence-corrected chi connectivity index (χ1v) is 8.85. The van der Waals surface area contributed by atoms with Crippen LogP contribution in [0.2, 0.25) is 5.15 Å². The Hall–Kier alpha value is -3.65. The van der Waals surface area contributed by atoms with E-state index in [1.807, 2.05) is 0 Å². The van der Waals surface area contributed by atoms with Gasteiger partial charge in [-0.25, -0.2) is 9.78 Å². The molecule has 2 heterocycles. The highest BCUT2D eigenvalue weighted by Gasteiger charge is 2.15. The SMILES string of the molecule is Cc1ccc(C(=O)OCC(=O)Nc2cccnc2Cl)cc1NC(=O)c1ccco1. The van der Waals surface area contributed by atoms with Gasteiger partial charge < -0.3 is 19.8 Å². The summed E-state index contributed by atoms with van der Waals surface area (Å²) in [6.07, 6.45) is 2.87. The smallest absolute Gasteiger partial charge is 0.338 e. The number of aryl methyl sites for hydroxylation is 1. The minimum atomic E-state index is -0.717. The lowest BCUT2D eigenvalue weighted by Crippen LogP contribution is -2.21. The van der Waals surface area contributed by atoms with E-state index in [1.165, 1.54) is 30.7 Å². The average molecular weight is 414 g/mol. The Morgan fingerprint density at radius 2 is 1.93 bits per heavy atom. The maximum atomic E-state index is 12.3. The number of nitrogens with one attached hydrogen (secondary N) is 2. The van der Waals surface area contributed by atoms with Crippen LogP contribution in [0.15, 0.2) is 59.3 Å². The number of esters is 1. The fourth-order valence-electron chi connectivity index (χ4n) is 2.36. The number of ether oxygens (including phenoxy) is 1. The lowest BCUT2D eigenvalue weighted by molar-refractivity contribution is -0.119. The van der Waals surface area contributed by atoms with Crippen LogP contribution < -0.4 is 10.6 Å². The van der Waals surface area contributed by atoms with E-state index >= 15 is 0 Å². The van der Waals surface area contributed by atoms with Gasteiger partial charge >= 0.3 is 5.97 Å². The molecule has 2 N–H and O–H groups in total. The number of aromatic nitrogens is 1. The summed E-state index contributed by atoms with van der Waals surface area (Å²) in [6.45, 7) is 1.27. The van der Waals surface area contributed by atoms with Gasteiger partial charge in [-0.2, -0.15) is 0 Å². The molecule has 0 spiro atoms. The summed E-state index contributed by atoms with van der Waals surface area (Å²) >= 11 is 5.86. The Bertz CT molecular complexity index is 1050. The molecule has 0 bridgehead atoms. The monoisotopic (exact) mass is 413 g/mol. The number of rotatable bonds is 6. The van der Waals surface area contributed by atoms with E-state index in [9.17, 15) is 14.4 Å². The number of furan rings is 1. The summed E-state index contributed by atoms with van der Waals surface area (Å²) in [5.41, 5.74) is 1.66. The van der Waals surface area contributed by atoms with Crippen LogP contribution in [0.1, 0.15) is 26.5 Å². The Balaban J connectivity index is 1.61. The molecule has 2 aromatic heterocycles. The maximum Gasteiger partial charge on any atom is 0.338 e. The Morgan fingerprint density at radius 3 is 2.66 bits per heavy atom. The van der Waals surface area contributed by atoms with Gasteiger partial charge in [0.05, 0.1) is 17.5 Å². The van der Waals surface area contributed by atoms with Crippen molar-refractivity contribution in [2.45, 2.75) is 6.92 Å². The van der Waals surface area contributed by atoms with Crippen LogP contribution in [0.25, 0.3) is 0 Å². The Kier molecular flexibility index (Phi) is 6.25. The molecule has 0 saturated heterocycles. The average Bonchev–Trinajstić information content (AvgIpc) is 3.24. The van der Waals surface area contributed by atoms with Crippen LogP contribution in [0.3, 0.4) is 0 Å². The van der Waals surface area contributed by atoms with E-state index in [2.05, 4.69) is 15.6 Å². The molecule has 0 aliphatic heterocycles. The Labute approximate surface area is 170 Å². The number of pyridine rings is 1. The van der Waals surface area contributed by atoms with Gasteiger partial charge in [0, 0.05) is 11.9 Å². The number of hydrogen-bond acceptors (Lipinski definition) is 6. The van der Waals surface area contributed by atoms with E-state index in [0.29, 0.717) is 11.4 Å². The second-order valence-electron chi connectivity index (χ2n) is 5.93. The summed E-state index contributed by atoms with van der Waals surface area (Å²) in [6, 6.07) is 11.0. The number of hydrogen-bond donors (Lipinski definition) is 2. The quantitative estimate of drug-likeness (QED) is 0.471. The van der Waals surface area contributed by atoms with Gasteiger partial charge in [-0.15, -0.1) is 0 Å². The first kappa shape index (κ1) is 20.1. The van der Waals surface area contributed by atoms with Gasteiger partial charge in [-0.3, -0.25) is 9.59 Å². The number of benzene rings is 1. The number of carbonyl (C=O) groups is 3. The molecule has 0 aliphatic rings. The second-order valence-corrected chi connectivity index (χ2v) is 6.29. The van der Waals surface area contributed by atoms with Gasteiger partial charge in [-0.05, 0) is 48.9 Å². The van der Waals surface area contributed by atoms with Crippen molar-refractivity contribution < 1.29 is 23.5 Å². The van der Waals surface area contributed by atoms with E-state index < -0.39 is 24.4 Å². The largest absolute Gasteiger partial charge is 0.459 e. The topological polar surface area (TPSA) is 111 Å². The van der Waals surface area contributed by atoms with Gasteiger partial charge in [0.2, 0.25) is 0 Å². The highest BCUT2D eigenvalue weighted by Crippen LogP contribution is 2.19. The molecule has 0 aliphatic carbocycles. The summed E-state index contributed by atoms with van der Waals surface area (Å²) in [5, 5.41) is 5.30. The summed E-state index contributed by atoms with van der Waals surface area (Å²) < 4.78 is 10.1. The minimum absolute atomic E-state index is 0.127. The molecule has 1 aromatic carbocycles. The fraction of sp³-hybridized carbons (Fsp3) is 0.100. The van der Waals surface area contributed by atoms with Crippen molar-refractivity contribution in [2.24, 2.45) is 0 Å². The number of anilines is 2. The van der Waals surface area contributed by atoms with Crippen molar-refractivity contribution in [3.63, 3.8) is 0 Å². The zero-order chi connectivity index (χ0) is 20.8. The predicted molar refractivity (Wildman–Crippen MR) is 106 cm³/mol. The summed E-state index contributed by atoms with van der Waals surface area (Å²) in [7, 11) is 0. The third kappa shape index (κ3) is 5.20. The third-order valence-electron chi connectivity index (χ3n) is 3.83. The molecule has 0 saturated carbocycles. The van der Waals surface area contributed by atoms with Crippen molar-refractivity contribution in [2.75, 3.05) is 17.2 Å². The van der Waals surface area contributed by atoms with Crippen molar-refractivity contribution >= 4 is 40.8 Å².